The molecule has 0 radical (unpaired) electrons. The number of hydrogen-bond donors (Lipinski definition) is 1. The normalized spacial score (nSPS) is 39.2. The van der Waals surface area contributed by atoms with E-state index >= 15 is 0 Å². The molecule has 2 heteroatoms. The number of hydrogen-bond acceptors (Lipinski definition) is 2. The van der Waals surface area contributed by atoms with Crippen molar-refractivity contribution < 1.29 is 9.84 Å². The van der Waals surface area contributed by atoms with E-state index in [0.29, 0.717) is 13.2 Å². The number of rotatable bonds is 2. The lowest BCUT2D eigenvalue weighted by molar-refractivity contribution is 0.0464. The molecule has 2 atom stereocenters. The summed E-state index contributed by atoms with van der Waals surface area (Å²) in [6.07, 6.45) is 6.90. The molecule has 13 heavy (non-hydrogen) atoms. The minimum atomic E-state index is -0.641. The van der Waals surface area contributed by atoms with Crippen LogP contribution in [0.5, 0.6) is 0 Å². The van der Waals surface area contributed by atoms with Gasteiger partial charge in [0.1, 0.15) is 0 Å². The Kier molecular flexibility index (Phi) is 2.26. The Balaban J connectivity index is 2.22. The van der Waals surface area contributed by atoms with Crippen LogP contribution >= 0.6 is 0 Å². The zero-order valence-corrected chi connectivity index (χ0v) is 7.83. The van der Waals surface area contributed by atoms with Gasteiger partial charge in [0.05, 0.1) is 18.8 Å². The highest BCUT2D eigenvalue weighted by molar-refractivity contribution is 5.25. The van der Waals surface area contributed by atoms with E-state index in [2.05, 4.69) is 6.58 Å². The van der Waals surface area contributed by atoms with E-state index < -0.39 is 5.60 Å². The molecule has 72 valence electrons. The molecular formula is C11H16O2. The minimum Gasteiger partial charge on any atom is -0.385 e. The van der Waals surface area contributed by atoms with Gasteiger partial charge in [-0.3, -0.25) is 0 Å². The molecule has 0 aromatic carbocycles. The third-order valence-corrected chi connectivity index (χ3v) is 3.23. The van der Waals surface area contributed by atoms with Gasteiger partial charge in [-0.2, -0.15) is 0 Å². The van der Waals surface area contributed by atoms with Crippen LogP contribution < -0.4 is 0 Å². The van der Waals surface area contributed by atoms with E-state index in [9.17, 15) is 5.11 Å². The van der Waals surface area contributed by atoms with Crippen LogP contribution in [0.15, 0.2) is 24.3 Å². The van der Waals surface area contributed by atoms with E-state index in [4.69, 9.17) is 4.74 Å². The van der Waals surface area contributed by atoms with Crippen molar-refractivity contribution in [1.82, 2.24) is 0 Å². The second-order valence-corrected chi connectivity index (χ2v) is 3.90. The summed E-state index contributed by atoms with van der Waals surface area (Å²) in [5.74, 6) is 0.223. The first-order valence-electron chi connectivity index (χ1n) is 4.89. The van der Waals surface area contributed by atoms with Gasteiger partial charge >= 0.3 is 0 Å². The topological polar surface area (TPSA) is 29.5 Å². The van der Waals surface area contributed by atoms with E-state index in [1.165, 1.54) is 0 Å². The summed E-state index contributed by atoms with van der Waals surface area (Å²) in [5, 5.41) is 10.4. The molecule has 1 fully saturated rings. The van der Waals surface area contributed by atoms with E-state index in [1.807, 2.05) is 12.2 Å². The minimum absolute atomic E-state index is 0.223. The second-order valence-electron chi connectivity index (χ2n) is 3.90. The third-order valence-electron chi connectivity index (χ3n) is 3.23. The van der Waals surface area contributed by atoms with Gasteiger partial charge in [0.25, 0.3) is 0 Å². The third kappa shape index (κ3) is 1.34. The lowest BCUT2D eigenvalue weighted by atomic mass is 9.84. The van der Waals surface area contributed by atoms with E-state index in [-0.39, 0.29) is 5.92 Å². The van der Waals surface area contributed by atoms with Crippen molar-refractivity contribution in [3.05, 3.63) is 24.3 Å². The van der Waals surface area contributed by atoms with Crippen molar-refractivity contribution in [2.75, 3.05) is 13.2 Å². The molecule has 0 spiro atoms. The van der Waals surface area contributed by atoms with E-state index in [1.54, 1.807) is 0 Å². The summed E-state index contributed by atoms with van der Waals surface area (Å²) in [7, 11) is 0. The van der Waals surface area contributed by atoms with Crippen LogP contribution in [0.1, 0.15) is 19.3 Å². The van der Waals surface area contributed by atoms with E-state index in [0.717, 1.165) is 24.8 Å². The van der Waals surface area contributed by atoms with Gasteiger partial charge < -0.3 is 9.84 Å². The Morgan fingerprint density at radius 3 is 3.15 bits per heavy atom. The van der Waals surface area contributed by atoms with Crippen LogP contribution in [0.2, 0.25) is 0 Å². The van der Waals surface area contributed by atoms with Crippen LogP contribution in [-0.2, 0) is 4.74 Å². The van der Waals surface area contributed by atoms with Gasteiger partial charge in [-0.1, -0.05) is 12.2 Å². The first kappa shape index (κ1) is 8.97. The summed E-state index contributed by atoms with van der Waals surface area (Å²) in [6, 6.07) is 0. The van der Waals surface area contributed by atoms with Crippen LogP contribution in [0.4, 0.5) is 0 Å². The van der Waals surface area contributed by atoms with Crippen LogP contribution in [-0.4, -0.2) is 23.9 Å². The Hall–Kier alpha value is -0.600. The van der Waals surface area contributed by atoms with Crippen molar-refractivity contribution in [2.24, 2.45) is 5.92 Å². The average Bonchev–Trinajstić information content (AvgIpc) is 2.72. The van der Waals surface area contributed by atoms with Gasteiger partial charge in [0, 0.05) is 5.92 Å². The Morgan fingerprint density at radius 1 is 1.69 bits per heavy atom. The molecule has 1 aliphatic heterocycles. The van der Waals surface area contributed by atoms with Gasteiger partial charge in [0.2, 0.25) is 0 Å². The molecule has 2 nitrogen and oxygen atoms in total. The Bertz CT molecular complexity index is 244. The van der Waals surface area contributed by atoms with Gasteiger partial charge in [0.15, 0.2) is 0 Å². The fourth-order valence-corrected chi connectivity index (χ4v) is 2.42. The molecule has 1 saturated carbocycles. The SMILES string of the molecule is C=C[C@H]1CCC[C@@]1(O)C1=CCOC1. The highest BCUT2D eigenvalue weighted by Gasteiger charge is 2.42. The molecule has 0 amide bonds. The van der Waals surface area contributed by atoms with Crippen molar-refractivity contribution in [2.45, 2.75) is 24.9 Å². The maximum atomic E-state index is 10.4. The Morgan fingerprint density at radius 2 is 2.54 bits per heavy atom. The first-order valence-corrected chi connectivity index (χ1v) is 4.89. The quantitative estimate of drug-likeness (QED) is 0.655. The molecule has 0 unspecified atom stereocenters. The summed E-state index contributed by atoms with van der Waals surface area (Å²) in [4.78, 5) is 0. The fourth-order valence-electron chi connectivity index (χ4n) is 2.42. The van der Waals surface area contributed by atoms with Crippen molar-refractivity contribution >= 4 is 0 Å². The maximum Gasteiger partial charge on any atom is 0.0941 e. The lowest BCUT2D eigenvalue weighted by Crippen LogP contribution is -2.35. The van der Waals surface area contributed by atoms with Crippen LogP contribution in [0.25, 0.3) is 0 Å². The molecule has 2 aliphatic rings. The first-order chi connectivity index (χ1) is 6.27. The molecule has 1 aliphatic carbocycles. The van der Waals surface area contributed by atoms with Crippen LogP contribution in [0.3, 0.4) is 0 Å². The maximum absolute atomic E-state index is 10.4. The standard InChI is InChI=1S/C11H16O2/c1-2-9-4-3-6-11(9,12)10-5-7-13-8-10/h2,5,9,12H,1,3-4,6-8H2/t9-,11-/m0/s1. The molecule has 1 N–H and O–H groups in total. The number of aliphatic hydroxyl groups is 1. The van der Waals surface area contributed by atoms with Crippen molar-refractivity contribution in [3.63, 3.8) is 0 Å². The Labute approximate surface area is 78.9 Å². The predicted octanol–water partition coefficient (Wildman–Crippen LogP) is 1.66. The summed E-state index contributed by atoms with van der Waals surface area (Å²) < 4.78 is 5.24. The van der Waals surface area contributed by atoms with Crippen molar-refractivity contribution in [1.29, 1.82) is 0 Å². The molecule has 0 bridgehead atoms. The molecule has 1 heterocycles. The lowest BCUT2D eigenvalue weighted by Gasteiger charge is -2.29. The fraction of sp³-hybridized carbons (Fsp3) is 0.636. The highest BCUT2D eigenvalue weighted by Crippen LogP contribution is 2.42. The smallest absolute Gasteiger partial charge is 0.0941 e. The second kappa shape index (κ2) is 3.28. The average molecular weight is 180 g/mol. The largest absolute Gasteiger partial charge is 0.385 e. The summed E-state index contributed by atoms with van der Waals surface area (Å²) in [6.45, 7) is 5.03. The molecule has 2 rings (SSSR count). The van der Waals surface area contributed by atoms with Gasteiger partial charge in [-0.15, -0.1) is 6.58 Å². The van der Waals surface area contributed by atoms with Crippen LogP contribution in [0, 0.1) is 5.92 Å². The predicted molar refractivity (Wildman–Crippen MR) is 51.4 cm³/mol. The highest BCUT2D eigenvalue weighted by atomic mass is 16.5. The monoisotopic (exact) mass is 180 g/mol. The van der Waals surface area contributed by atoms with Gasteiger partial charge in [-0.25, -0.2) is 0 Å². The summed E-state index contributed by atoms with van der Waals surface area (Å²) in [5.41, 5.74) is 0.424. The molecule has 0 saturated heterocycles. The van der Waals surface area contributed by atoms with Crippen molar-refractivity contribution in [3.8, 4) is 0 Å². The summed E-state index contributed by atoms with van der Waals surface area (Å²) >= 11 is 0. The number of ether oxygens (including phenoxy) is 1. The zero-order chi connectivity index (χ0) is 9.31. The zero-order valence-electron chi connectivity index (χ0n) is 7.83. The molecular weight excluding hydrogens is 164 g/mol. The molecule has 0 aromatic rings. The molecule has 0 aromatic heterocycles. The van der Waals surface area contributed by atoms with Gasteiger partial charge in [-0.05, 0) is 24.8 Å².